The van der Waals surface area contributed by atoms with Gasteiger partial charge in [0.2, 0.25) is 0 Å². The predicted molar refractivity (Wildman–Crippen MR) is 85.5 cm³/mol. The maximum absolute atomic E-state index is 5.80. The van der Waals surface area contributed by atoms with Crippen LogP contribution >= 0.6 is 0 Å². The molecule has 0 aliphatic heterocycles. The van der Waals surface area contributed by atoms with Crippen LogP contribution in [-0.4, -0.2) is 6.61 Å². The summed E-state index contributed by atoms with van der Waals surface area (Å²) in [5, 5.41) is 3.50. The van der Waals surface area contributed by atoms with Gasteiger partial charge in [-0.25, -0.2) is 0 Å². The minimum atomic E-state index is 0.752. The molecule has 0 spiro atoms. The Morgan fingerprint density at radius 3 is 2.60 bits per heavy atom. The normalized spacial score (nSPS) is 10.3. The van der Waals surface area contributed by atoms with E-state index in [4.69, 9.17) is 4.74 Å². The molecule has 20 heavy (non-hydrogen) atoms. The van der Waals surface area contributed by atoms with Gasteiger partial charge in [0.25, 0.3) is 0 Å². The van der Waals surface area contributed by atoms with Gasteiger partial charge in [0, 0.05) is 6.54 Å². The molecular formula is C18H23NO. The van der Waals surface area contributed by atoms with Gasteiger partial charge in [-0.3, -0.25) is 0 Å². The van der Waals surface area contributed by atoms with Gasteiger partial charge >= 0.3 is 0 Å². The Morgan fingerprint density at radius 2 is 1.85 bits per heavy atom. The van der Waals surface area contributed by atoms with Gasteiger partial charge in [0.1, 0.15) is 5.75 Å². The summed E-state index contributed by atoms with van der Waals surface area (Å²) in [6, 6.07) is 14.7. The molecule has 2 rings (SSSR count). The topological polar surface area (TPSA) is 21.3 Å². The molecule has 1 N–H and O–H groups in total. The molecule has 0 heterocycles. The number of hydrogen-bond acceptors (Lipinski definition) is 2. The van der Waals surface area contributed by atoms with Crippen LogP contribution in [0.25, 0.3) is 0 Å². The summed E-state index contributed by atoms with van der Waals surface area (Å²) in [5.41, 5.74) is 4.93. The van der Waals surface area contributed by atoms with Crippen molar-refractivity contribution in [1.29, 1.82) is 0 Å². The van der Waals surface area contributed by atoms with Crippen molar-refractivity contribution in [3.05, 3.63) is 59.2 Å². The van der Waals surface area contributed by atoms with Crippen molar-refractivity contribution in [3.8, 4) is 5.75 Å². The lowest BCUT2D eigenvalue weighted by molar-refractivity contribution is 0.319. The van der Waals surface area contributed by atoms with Crippen molar-refractivity contribution in [2.75, 3.05) is 11.9 Å². The second kappa shape index (κ2) is 6.99. The average Bonchev–Trinajstić information content (AvgIpc) is 2.45. The van der Waals surface area contributed by atoms with Crippen molar-refractivity contribution in [2.45, 2.75) is 33.7 Å². The second-order valence-corrected chi connectivity index (χ2v) is 5.13. The standard InChI is InChI=1S/C18H23NO/c1-4-11-20-18-10-9-14(2)12-17(18)19-13-16-8-6-5-7-15(16)3/h5-10,12,19H,4,11,13H2,1-3H3. The molecule has 0 bridgehead atoms. The van der Waals surface area contributed by atoms with Gasteiger partial charge in [-0.1, -0.05) is 37.3 Å². The largest absolute Gasteiger partial charge is 0.491 e. The monoisotopic (exact) mass is 269 g/mol. The molecule has 0 amide bonds. The maximum Gasteiger partial charge on any atom is 0.142 e. The van der Waals surface area contributed by atoms with Gasteiger partial charge in [0.05, 0.1) is 12.3 Å². The van der Waals surface area contributed by atoms with E-state index in [1.165, 1.54) is 16.7 Å². The fraction of sp³-hybridized carbons (Fsp3) is 0.333. The highest BCUT2D eigenvalue weighted by atomic mass is 16.5. The van der Waals surface area contributed by atoms with E-state index in [1.54, 1.807) is 0 Å². The zero-order valence-electron chi connectivity index (χ0n) is 12.6. The number of aryl methyl sites for hydroxylation is 2. The fourth-order valence-corrected chi connectivity index (χ4v) is 2.12. The van der Waals surface area contributed by atoms with E-state index in [0.29, 0.717) is 0 Å². The summed E-state index contributed by atoms with van der Waals surface area (Å²) in [6.45, 7) is 7.93. The molecule has 106 valence electrons. The number of hydrogen-bond donors (Lipinski definition) is 1. The lowest BCUT2D eigenvalue weighted by Gasteiger charge is -2.14. The molecule has 0 atom stereocenters. The van der Waals surface area contributed by atoms with Crippen molar-refractivity contribution >= 4 is 5.69 Å². The van der Waals surface area contributed by atoms with Gasteiger partial charge in [0.15, 0.2) is 0 Å². The Hall–Kier alpha value is -1.96. The minimum Gasteiger partial charge on any atom is -0.491 e. The molecule has 0 radical (unpaired) electrons. The van der Waals surface area contributed by atoms with E-state index in [2.05, 4.69) is 62.5 Å². The van der Waals surface area contributed by atoms with Crippen LogP contribution in [0.15, 0.2) is 42.5 Å². The van der Waals surface area contributed by atoms with Crippen LogP contribution in [0.1, 0.15) is 30.0 Å². The molecule has 0 aliphatic rings. The molecular weight excluding hydrogens is 246 g/mol. The minimum absolute atomic E-state index is 0.752. The zero-order valence-corrected chi connectivity index (χ0v) is 12.6. The highest BCUT2D eigenvalue weighted by molar-refractivity contribution is 5.58. The SMILES string of the molecule is CCCOc1ccc(C)cc1NCc1ccccc1C. The van der Waals surface area contributed by atoms with Gasteiger partial charge in [-0.2, -0.15) is 0 Å². The first kappa shape index (κ1) is 14.4. The Bertz CT molecular complexity index is 563. The van der Waals surface area contributed by atoms with Crippen molar-refractivity contribution in [2.24, 2.45) is 0 Å². The lowest BCUT2D eigenvalue weighted by Crippen LogP contribution is -2.04. The fourth-order valence-electron chi connectivity index (χ4n) is 2.12. The molecule has 0 aliphatic carbocycles. The molecule has 2 aromatic rings. The van der Waals surface area contributed by atoms with Crippen LogP contribution in [0.5, 0.6) is 5.75 Å². The maximum atomic E-state index is 5.80. The molecule has 0 saturated carbocycles. The van der Waals surface area contributed by atoms with Crippen molar-refractivity contribution in [3.63, 3.8) is 0 Å². The van der Waals surface area contributed by atoms with Crippen LogP contribution in [0.2, 0.25) is 0 Å². The Balaban J connectivity index is 2.11. The summed E-state index contributed by atoms with van der Waals surface area (Å²) in [7, 11) is 0. The molecule has 0 aromatic heterocycles. The summed E-state index contributed by atoms with van der Waals surface area (Å²) >= 11 is 0. The summed E-state index contributed by atoms with van der Waals surface area (Å²) < 4.78 is 5.80. The second-order valence-electron chi connectivity index (χ2n) is 5.13. The Labute approximate surface area is 121 Å². The highest BCUT2D eigenvalue weighted by Gasteiger charge is 2.04. The molecule has 2 nitrogen and oxygen atoms in total. The Kier molecular flexibility index (Phi) is 5.05. The third-order valence-corrected chi connectivity index (χ3v) is 3.33. The van der Waals surface area contributed by atoms with E-state index >= 15 is 0 Å². The Morgan fingerprint density at radius 1 is 1.05 bits per heavy atom. The number of rotatable bonds is 6. The number of anilines is 1. The number of benzene rings is 2. The molecule has 0 unspecified atom stereocenters. The van der Waals surface area contributed by atoms with E-state index in [9.17, 15) is 0 Å². The van der Waals surface area contributed by atoms with Crippen molar-refractivity contribution < 1.29 is 4.74 Å². The zero-order chi connectivity index (χ0) is 14.4. The van der Waals surface area contributed by atoms with Gasteiger partial charge in [-0.15, -0.1) is 0 Å². The van der Waals surface area contributed by atoms with Crippen LogP contribution in [0.4, 0.5) is 5.69 Å². The summed E-state index contributed by atoms with van der Waals surface area (Å²) in [5.74, 6) is 0.936. The van der Waals surface area contributed by atoms with Crippen LogP contribution in [0, 0.1) is 13.8 Å². The van der Waals surface area contributed by atoms with Crippen LogP contribution in [0.3, 0.4) is 0 Å². The summed E-state index contributed by atoms with van der Waals surface area (Å²) in [6.07, 6.45) is 1.02. The number of ether oxygens (including phenoxy) is 1. The van der Waals surface area contributed by atoms with Crippen molar-refractivity contribution in [1.82, 2.24) is 0 Å². The van der Waals surface area contributed by atoms with Crippen LogP contribution in [-0.2, 0) is 6.54 Å². The van der Waals surface area contributed by atoms with Crippen LogP contribution < -0.4 is 10.1 Å². The smallest absolute Gasteiger partial charge is 0.142 e. The lowest BCUT2D eigenvalue weighted by atomic mass is 10.1. The van der Waals surface area contributed by atoms with E-state index in [-0.39, 0.29) is 0 Å². The molecule has 0 saturated heterocycles. The van der Waals surface area contributed by atoms with E-state index in [0.717, 1.165) is 31.0 Å². The third-order valence-electron chi connectivity index (χ3n) is 3.33. The molecule has 2 heteroatoms. The summed E-state index contributed by atoms with van der Waals surface area (Å²) in [4.78, 5) is 0. The quantitative estimate of drug-likeness (QED) is 0.820. The predicted octanol–water partition coefficient (Wildman–Crippen LogP) is 4.70. The van der Waals surface area contributed by atoms with Gasteiger partial charge < -0.3 is 10.1 Å². The van der Waals surface area contributed by atoms with E-state index < -0.39 is 0 Å². The number of nitrogens with one attached hydrogen (secondary N) is 1. The first-order valence-corrected chi connectivity index (χ1v) is 7.22. The highest BCUT2D eigenvalue weighted by Crippen LogP contribution is 2.26. The molecule has 0 fully saturated rings. The van der Waals surface area contributed by atoms with E-state index in [1.807, 2.05) is 6.07 Å². The average molecular weight is 269 g/mol. The van der Waals surface area contributed by atoms with Gasteiger partial charge in [-0.05, 0) is 49.1 Å². The molecule has 2 aromatic carbocycles. The first-order chi connectivity index (χ1) is 9.70. The first-order valence-electron chi connectivity index (χ1n) is 7.22. The third kappa shape index (κ3) is 3.77.